The summed E-state index contributed by atoms with van der Waals surface area (Å²) in [5.41, 5.74) is 9.49. The second-order valence-electron chi connectivity index (χ2n) is 10.1. The number of likely N-dealkylation sites (tertiary alicyclic amines) is 1. The number of halogens is 1. The fourth-order valence-corrected chi connectivity index (χ4v) is 5.18. The number of hydrogen-bond donors (Lipinski definition) is 2. The zero-order valence-corrected chi connectivity index (χ0v) is 22.7. The molecule has 3 N–H and O–H groups in total. The van der Waals surface area contributed by atoms with Crippen LogP contribution in [0.4, 0.5) is 10.1 Å². The third kappa shape index (κ3) is 6.29. The largest absolute Gasteiger partial charge is 0.478 e. The van der Waals surface area contributed by atoms with E-state index in [0.29, 0.717) is 47.9 Å². The smallest absolute Gasteiger partial charge is 0.335 e. The first-order valence-electron chi connectivity index (χ1n) is 13.4. The Morgan fingerprint density at radius 2 is 2.00 bits per heavy atom. The van der Waals surface area contributed by atoms with Crippen LogP contribution in [-0.2, 0) is 24.4 Å². The average molecular weight is 559 g/mol. The molecule has 4 aromatic rings. The van der Waals surface area contributed by atoms with Crippen LogP contribution in [0.3, 0.4) is 0 Å². The molecule has 0 saturated carbocycles. The standard InChI is InChI=1S/C30H31FN6O4/c1-40-12-11-37-26-15-22(30(38)39)14-24(33)29(26)35-27(37)17-36-9-7-20(8-10-36)25-3-2-4-28(34-25)41-18-21-6-5-19(16-32)13-23(21)31/h2-6,13-15,20H,7-12,17-18,33H2,1H3,(H,38,39). The van der Waals surface area contributed by atoms with Gasteiger partial charge in [0.05, 0.1) is 41.6 Å². The van der Waals surface area contributed by atoms with Gasteiger partial charge in [0.1, 0.15) is 23.8 Å². The molecule has 2 aromatic heterocycles. The van der Waals surface area contributed by atoms with Crippen LogP contribution in [0.25, 0.3) is 11.0 Å². The summed E-state index contributed by atoms with van der Waals surface area (Å²) in [6.45, 7) is 3.27. The highest BCUT2D eigenvalue weighted by Gasteiger charge is 2.24. The Bertz CT molecular complexity index is 1610. The summed E-state index contributed by atoms with van der Waals surface area (Å²) in [5, 5.41) is 18.4. The van der Waals surface area contributed by atoms with E-state index in [-0.39, 0.29) is 23.7 Å². The summed E-state index contributed by atoms with van der Waals surface area (Å²) in [7, 11) is 1.63. The van der Waals surface area contributed by atoms with Crippen LogP contribution in [0.1, 0.15) is 51.8 Å². The van der Waals surface area contributed by atoms with E-state index >= 15 is 0 Å². The first-order chi connectivity index (χ1) is 19.9. The molecule has 1 aliphatic rings. The van der Waals surface area contributed by atoms with Gasteiger partial charge in [-0.2, -0.15) is 5.26 Å². The van der Waals surface area contributed by atoms with Crippen molar-refractivity contribution >= 4 is 22.7 Å². The van der Waals surface area contributed by atoms with Gasteiger partial charge in [-0.3, -0.25) is 4.90 Å². The van der Waals surface area contributed by atoms with Crippen LogP contribution in [0.2, 0.25) is 0 Å². The minimum atomic E-state index is -1.04. The number of rotatable bonds is 10. The molecule has 0 unspecified atom stereocenters. The average Bonchev–Trinajstić information content (AvgIpc) is 3.33. The van der Waals surface area contributed by atoms with Gasteiger partial charge in [-0.1, -0.05) is 12.1 Å². The molecule has 3 heterocycles. The Hall–Kier alpha value is -4.53. The monoisotopic (exact) mass is 558 g/mol. The molecule has 2 aromatic carbocycles. The van der Waals surface area contributed by atoms with Gasteiger partial charge in [0.2, 0.25) is 5.88 Å². The number of aromatic nitrogens is 3. The van der Waals surface area contributed by atoms with E-state index in [1.54, 1.807) is 31.4 Å². The van der Waals surface area contributed by atoms with Crippen molar-refractivity contribution in [2.24, 2.45) is 0 Å². The quantitative estimate of drug-likeness (QED) is 0.272. The number of benzene rings is 2. The molecule has 212 valence electrons. The predicted molar refractivity (Wildman–Crippen MR) is 150 cm³/mol. The lowest BCUT2D eigenvalue weighted by Gasteiger charge is -2.31. The van der Waals surface area contributed by atoms with E-state index in [9.17, 15) is 14.3 Å². The zero-order chi connectivity index (χ0) is 28.9. The number of nitriles is 1. The molecule has 10 nitrogen and oxygen atoms in total. The van der Waals surface area contributed by atoms with E-state index in [0.717, 1.165) is 37.4 Å². The van der Waals surface area contributed by atoms with Crippen molar-refractivity contribution in [2.45, 2.75) is 38.5 Å². The lowest BCUT2D eigenvalue weighted by Crippen LogP contribution is -2.33. The molecule has 0 spiro atoms. The molecule has 5 rings (SSSR count). The maximum Gasteiger partial charge on any atom is 0.335 e. The zero-order valence-electron chi connectivity index (χ0n) is 22.7. The van der Waals surface area contributed by atoms with Crippen LogP contribution in [0, 0.1) is 17.1 Å². The summed E-state index contributed by atoms with van der Waals surface area (Å²) < 4.78 is 27.3. The molecule has 1 aliphatic heterocycles. The van der Waals surface area contributed by atoms with Crippen molar-refractivity contribution < 1.29 is 23.8 Å². The van der Waals surface area contributed by atoms with Crippen LogP contribution >= 0.6 is 0 Å². The molecular formula is C30H31FN6O4. The number of hydrogen-bond acceptors (Lipinski definition) is 8. The third-order valence-corrected chi connectivity index (χ3v) is 7.40. The molecule has 0 bridgehead atoms. The normalized spacial score (nSPS) is 14.3. The number of nitrogens with two attached hydrogens (primary N) is 1. The van der Waals surface area contributed by atoms with Crippen molar-refractivity contribution in [3.63, 3.8) is 0 Å². The summed E-state index contributed by atoms with van der Waals surface area (Å²) in [4.78, 5) is 23.4. The Morgan fingerprint density at radius 3 is 2.71 bits per heavy atom. The van der Waals surface area contributed by atoms with E-state index in [4.69, 9.17) is 25.5 Å². The molecule has 0 atom stereocenters. The Kier molecular flexibility index (Phi) is 8.42. The van der Waals surface area contributed by atoms with Gasteiger partial charge >= 0.3 is 5.97 Å². The predicted octanol–water partition coefficient (Wildman–Crippen LogP) is 4.33. The second-order valence-corrected chi connectivity index (χ2v) is 10.1. The highest BCUT2D eigenvalue weighted by Crippen LogP contribution is 2.30. The Labute approximate surface area is 236 Å². The van der Waals surface area contributed by atoms with Crippen LogP contribution in [0.5, 0.6) is 5.88 Å². The second kappa shape index (κ2) is 12.3. The van der Waals surface area contributed by atoms with Gasteiger partial charge in [-0.15, -0.1) is 0 Å². The van der Waals surface area contributed by atoms with Crippen molar-refractivity contribution in [3.8, 4) is 11.9 Å². The molecule has 1 fully saturated rings. The number of nitrogen functional groups attached to an aromatic ring is 1. The fourth-order valence-electron chi connectivity index (χ4n) is 5.18. The Morgan fingerprint density at radius 1 is 1.20 bits per heavy atom. The highest BCUT2D eigenvalue weighted by molar-refractivity contribution is 5.97. The number of anilines is 1. The molecule has 11 heteroatoms. The van der Waals surface area contributed by atoms with Crippen LogP contribution in [-0.4, -0.2) is 57.3 Å². The van der Waals surface area contributed by atoms with E-state index in [1.807, 2.05) is 22.8 Å². The van der Waals surface area contributed by atoms with Crippen molar-refractivity contribution in [2.75, 3.05) is 32.5 Å². The van der Waals surface area contributed by atoms with E-state index in [1.165, 1.54) is 12.1 Å². The number of aromatic carboxylic acids is 1. The van der Waals surface area contributed by atoms with Gasteiger partial charge in [0.25, 0.3) is 0 Å². The minimum absolute atomic E-state index is 0.0228. The number of ether oxygens (including phenoxy) is 2. The van der Waals surface area contributed by atoms with Gasteiger partial charge in [-0.25, -0.2) is 19.2 Å². The number of carboxylic acids is 1. The molecule has 0 radical (unpaired) electrons. The number of methoxy groups -OCH3 is 1. The summed E-state index contributed by atoms with van der Waals surface area (Å²) in [6.07, 6.45) is 1.79. The lowest BCUT2D eigenvalue weighted by atomic mass is 9.93. The molecule has 0 aliphatic carbocycles. The highest BCUT2D eigenvalue weighted by atomic mass is 19.1. The number of carbonyl (C=O) groups is 1. The Balaban J connectivity index is 1.24. The van der Waals surface area contributed by atoms with E-state index in [2.05, 4.69) is 9.88 Å². The maximum atomic E-state index is 14.2. The number of fused-ring (bicyclic) bond motifs is 1. The van der Waals surface area contributed by atoms with Gasteiger partial charge in [0, 0.05) is 36.9 Å². The topological polar surface area (TPSA) is 140 Å². The number of piperidine rings is 1. The minimum Gasteiger partial charge on any atom is -0.478 e. The maximum absolute atomic E-state index is 14.2. The fraction of sp³-hybridized carbons (Fsp3) is 0.333. The molecule has 0 amide bonds. The van der Waals surface area contributed by atoms with Crippen molar-refractivity contribution in [3.05, 3.63) is 82.6 Å². The number of imidazole rings is 1. The number of pyridine rings is 1. The van der Waals surface area contributed by atoms with Crippen LogP contribution in [0.15, 0.2) is 48.5 Å². The number of nitrogens with zero attached hydrogens (tertiary/aromatic N) is 5. The third-order valence-electron chi connectivity index (χ3n) is 7.40. The van der Waals surface area contributed by atoms with Crippen LogP contribution < -0.4 is 10.5 Å². The summed E-state index contributed by atoms with van der Waals surface area (Å²) in [5.74, 6) is -0.0192. The molecule has 1 saturated heterocycles. The first kappa shape index (κ1) is 28.0. The van der Waals surface area contributed by atoms with Gasteiger partial charge in [0.15, 0.2) is 0 Å². The number of carboxylic acid groups (broad SMARTS) is 1. The van der Waals surface area contributed by atoms with E-state index < -0.39 is 11.8 Å². The summed E-state index contributed by atoms with van der Waals surface area (Å²) >= 11 is 0. The first-order valence-corrected chi connectivity index (χ1v) is 13.4. The SMILES string of the molecule is COCCn1c(CN2CCC(c3cccc(OCc4ccc(C#N)cc4F)n3)CC2)nc2c(N)cc(C(=O)O)cc21. The van der Waals surface area contributed by atoms with Gasteiger partial charge < -0.3 is 24.9 Å². The summed E-state index contributed by atoms with van der Waals surface area (Å²) in [6, 6.07) is 14.9. The van der Waals surface area contributed by atoms with Gasteiger partial charge in [-0.05, 0) is 56.3 Å². The molecule has 41 heavy (non-hydrogen) atoms. The van der Waals surface area contributed by atoms with Crippen molar-refractivity contribution in [1.29, 1.82) is 5.26 Å². The molecular weight excluding hydrogens is 527 g/mol. The van der Waals surface area contributed by atoms with Crippen molar-refractivity contribution in [1.82, 2.24) is 19.4 Å². The lowest BCUT2D eigenvalue weighted by molar-refractivity contribution is 0.0697.